The molecule has 9 nitrogen and oxygen atoms in total. The summed E-state index contributed by atoms with van der Waals surface area (Å²) in [4.78, 5) is 20.7. The number of methoxy groups -OCH3 is 1. The van der Waals surface area contributed by atoms with Gasteiger partial charge in [-0.1, -0.05) is 5.16 Å². The highest BCUT2D eigenvalue weighted by Gasteiger charge is 2.25. The number of nitrogens with zero attached hydrogens (tertiary/aromatic N) is 5. The normalized spacial score (nSPS) is 19.5. The predicted octanol–water partition coefficient (Wildman–Crippen LogP) is 2.43. The van der Waals surface area contributed by atoms with Gasteiger partial charge in [0.1, 0.15) is 6.61 Å². The van der Waals surface area contributed by atoms with E-state index >= 15 is 0 Å². The Morgan fingerprint density at radius 2 is 2.11 bits per heavy atom. The van der Waals surface area contributed by atoms with Crippen LogP contribution in [0, 0.1) is 0 Å². The van der Waals surface area contributed by atoms with E-state index in [0.29, 0.717) is 18.4 Å². The predicted molar refractivity (Wildman–Crippen MR) is 102 cm³/mol. The highest BCUT2D eigenvalue weighted by Crippen LogP contribution is 2.29. The Kier molecular flexibility index (Phi) is 5.43. The van der Waals surface area contributed by atoms with Crippen molar-refractivity contribution in [3.8, 4) is 11.3 Å². The number of nitrogens with one attached hydrogen (secondary N) is 1. The Bertz CT molecular complexity index is 963. The van der Waals surface area contributed by atoms with Crippen molar-refractivity contribution in [1.29, 1.82) is 0 Å². The molecule has 1 aliphatic carbocycles. The maximum atomic E-state index is 12.4. The standard InChI is InChI=1S/C19H22N6O3/c1-27-12-17-22-19(28-24-17)21-14-4-6-15(7-5-14)25-18(26)9-8-16(23-25)13-3-2-10-20-11-13/h2-3,8-11,14-15H,4-7,12H2,1H3,(H,21,22,24). The van der Waals surface area contributed by atoms with Gasteiger partial charge in [0, 0.05) is 37.2 Å². The van der Waals surface area contributed by atoms with Crippen LogP contribution in [0.4, 0.5) is 6.01 Å². The van der Waals surface area contributed by atoms with E-state index in [-0.39, 0.29) is 17.6 Å². The highest BCUT2D eigenvalue weighted by molar-refractivity contribution is 5.56. The molecule has 1 aliphatic rings. The van der Waals surface area contributed by atoms with Gasteiger partial charge in [-0.25, -0.2) is 4.68 Å². The van der Waals surface area contributed by atoms with Crippen molar-refractivity contribution in [3.63, 3.8) is 0 Å². The highest BCUT2D eigenvalue weighted by atomic mass is 16.5. The number of aromatic nitrogens is 5. The molecule has 0 aliphatic heterocycles. The molecule has 4 rings (SSSR count). The van der Waals surface area contributed by atoms with E-state index in [2.05, 4.69) is 25.5 Å². The maximum absolute atomic E-state index is 12.4. The van der Waals surface area contributed by atoms with Crippen LogP contribution in [0.1, 0.15) is 37.5 Å². The van der Waals surface area contributed by atoms with Crippen LogP contribution in [0.25, 0.3) is 11.3 Å². The fourth-order valence-electron chi connectivity index (χ4n) is 3.49. The van der Waals surface area contributed by atoms with Gasteiger partial charge in [0.2, 0.25) is 0 Å². The van der Waals surface area contributed by atoms with Crippen LogP contribution in [0.3, 0.4) is 0 Å². The zero-order valence-electron chi connectivity index (χ0n) is 15.6. The van der Waals surface area contributed by atoms with Crippen LogP contribution in [0.5, 0.6) is 0 Å². The molecule has 0 aromatic carbocycles. The Morgan fingerprint density at radius 1 is 1.25 bits per heavy atom. The molecular weight excluding hydrogens is 360 g/mol. The van der Waals surface area contributed by atoms with E-state index in [4.69, 9.17) is 9.26 Å². The minimum atomic E-state index is -0.0786. The third-order valence-corrected chi connectivity index (χ3v) is 4.89. The van der Waals surface area contributed by atoms with Crippen LogP contribution < -0.4 is 10.9 Å². The Balaban J connectivity index is 1.41. The largest absolute Gasteiger partial charge is 0.377 e. The quantitative estimate of drug-likeness (QED) is 0.692. The fourth-order valence-corrected chi connectivity index (χ4v) is 3.49. The third kappa shape index (κ3) is 4.09. The van der Waals surface area contributed by atoms with Crippen molar-refractivity contribution in [2.75, 3.05) is 12.4 Å². The summed E-state index contributed by atoms with van der Waals surface area (Å²) < 4.78 is 11.8. The molecule has 3 aromatic rings. The summed E-state index contributed by atoms with van der Waals surface area (Å²) in [6, 6.07) is 7.83. The number of pyridine rings is 1. The van der Waals surface area contributed by atoms with E-state index in [9.17, 15) is 4.79 Å². The molecular formula is C19H22N6O3. The van der Waals surface area contributed by atoms with Crippen molar-refractivity contribution in [2.45, 2.75) is 44.4 Å². The van der Waals surface area contributed by atoms with Gasteiger partial charge in [-0.2, -0.15) is 10.1 Å². The van der Waals surface area contributed by atoms with Gasteiger partial charge in [0.05, 0.1) is 11.7 Å². The minimum Gasteiger partial charge on any atom is -0.377 e. The molecule has 28 heavy (non-hydrogen) atoms. The summed E-state index contributed by atoms with van der Waals surface area (Å²) in [6.07, 6.45) is 6.94. The topological polar surface area (TPSA) is 108 Å². The van der Waals surface area contributed by atoms with E-state index < -0.39 is 0 Å². The van der Waals surface area contributed by atoms with Gasteiger partial charge in [-0.15, -0.1) is 0 Å². The van der Waals surface area contributed by atoms with Gasteiger partial charge in [0.25, 0.3) is 5.56 Å². The first kappa shape index (κ1) is 18.3. The number of ether oxygens (including phenoxy) is 1. The maximum Gasteiger partial charge on any atom is 0.321 e. The fraction of sp³-hybridized carbons (Fsp3) is 0.421. The van der Waals surface area contributed by atoms with Crippen LogP contribution in [0.15, 0.2) is 46.0 Å². The summed E-state index contributed by atoms with van der Waals surface area (Å²) >= 11 is 0. The van der Waals surface area contributed by atoms with E-state index in [1.165, 1.54) is 0 Å². The molecule has 0 unspecified atom stereocenters. The Hall–Kier alpha value is -3.07. The summed E-state index contributed by atoms with van der Waals surface area (Å²) in [7, 11) is 1.59. The molecule has 1 saturated carbocycles. The lowest BCUT2D eigenvalue weighted by Crippen LogP contribution is -2.33. The molecule has 146 valence electrons. The molecule has 0 amide bonds. The number of hydrogen-bond acceptors (Lipinski definition) is 8. The zero-order chi connectivity index (χ0) is 19.3. The smallest absolute Gasteiger partial charge is 0.321 e. The molecule has 0 bridgehead atoms. The second-order valence-corrected chi connectivity index (χ2v) is 6.84. The monoisotopic (exact) mass is 382 g/mol. The third-order valence-electron chi connectivity index (χ3n) is 4.89. The summed E-state index contributed by atoms with van der Waals surface area (Å²) in [5, 5.41) is 11.7. The molecule has 3 heterocycles. The Labute approximate surface area is 161 Å². The van der Waals surface area contributed by atoms with E-state index in [1.54, 1.807) is 36.3 Å². The number of hydrogen-bond donors (Lipinski definition) is 1. The SMILES string of the molecule is COCc1noc(NC2CCC(n3nc(-c4cccnc4)ccc3=O)CC2)n1. The number of anilines is 1. The molecule has 0 saturated heterocycles. The Morgan fingerprint density at radius 3 is 2.86 bits per heavy atom. The van der Waals surface area contributed by atoms with Crippen LogP contribution in [-0.4, -0.2) is 38.1 Å². The minimum absolute atomic E-state index is 0.0777. The zero-order valence-corrected chi connectivity index (χ0v) is 15.6. The van der Waals surface area contributed by atoms with Gasteiger partial charge >= 0.3 is 6.01 Å². The molecule has 0 atom stereocenters. The van der Waals surface area contributed by atoms with Gasteiger partial charge in [-0.05, 0) is 43.9 Å². The first-order chi connectivity index (χ1) is 13.7. The van der Waals surface area contributed by atoms with Crippen molar-refractivity contribution in [2.24, 2.45) is 0 Å². The lowest BCUT2D eigenvalue weighted by atomic mass is 9.91. The average Bonchev–Trinajstić information content (AvgIpc) is 3.17. The van der Waals surface area contributed by atoms with Gasteiger partial charge < -0.3 is 14.6 Å². The van der Waals surface area contributed by atoms with E-state index in [1.807, 2.05) is 12.1 Å². The lowest BCUT2D eigenvalue weighted by Gasteiger charge is -2.29. The van der Waals surface area contributed by atoms with Crippen molar-refractivity contribution in [3.05, 3.63) is 52.8 Å². The second-order valence-electron chi connectivity index (χ2n) is 6.84. The number of rotatable bonds is 6. The first-order valence-electron chi connectivity index (χ1n) is 9.31. The molecule has 1 N–H and O–H groups in total. The first-order valence-corrected chi connectivity index (χ1v) is 9.31. The van der Waals surface area contributed by atoms with Gasteiger partial charge in [-0.3, -0.25) is 9.78 Å². The van der Waals surface area contributed by atoms with Crippen molar-refractivity contribution >= 4 is 6.01 Å². The molecule has 0 spiro atoms. The summed E-state index contributed by atoms with van der Waals surface area (Å²) in [6.45, 7) is 0.319. The van der Waals surface area contributed by atoms with Gasteiger partial charge in [0.15, 0.2) is 5.82 Å². The van der Waals surface area contributed by atoms with Crippen LogP contribution in [0.2, 0.25) is 0 Å². The van der Waals surface area contributed by atoms with Crippen LogP contribution >= 0.6 is 0 Å². The molecule has 9 heteroatoms. The summed E-state index contributed by atoms with van der Waals surface area (Å²) in [5.41, 5.74) is 1.57. The van der Waals surface area contributed by atoms with Crippen molar-refractivity contribution in [1.82, 2.24) is 24.9 Å². The van der Waals surface area contributed by atoms with E-state index in [0.717, 1.165) is 36.9 Å². The van der Waals surface area contributed by atoms with Crippen molar-refractivity contribution < 1.29 is 9.26 Å². The molecule has 1 fully saturated rings. The second kappa shape index (κ2) is 8.30. The molecule has 0 radical (unpaired) electrons. The average molecular weight is 382 g/mol. The van der Waals surface area contributed by atoms with Crippen LogP contribution in [-0.2, 0) is 11.3 Å². The molecule has 3 aromatic heterocycles. The summed E-state index contributed by atoms with van der Waals surface area (Å²) in [5.74, 6) is 0.515. The lowest BCUT2D eigenvalue weighted by molar-refractivity contribution is 0.174.